The quantitative estimate of drug-likeness (QED) is 0.447. The first-order valence-corrected chi connectivity index (χ1v) is 7.44. The second-order valence-corrected chi connectivity index (χ2v) is 5.79. The van der Waals surface area contributed by atoms with Gasteiger partial charge < -0.3 is 9.47 Å². The molecule has 0 atom stereocenters. The zero-order valence-electron chi connectivity index (χ0n) is 11.8. The topological polar surface area (TPSA) is 52.6 Å². The molecule has 5 heteroatoms. The number of methoxy groups -OCH3 is 2. The molecule has 0 amide bonds. The number of hydrogen-bond acceptors (Lipinski definition) is 4. The van der Waals surface area contributed by atoms with E-state index in [-0.39, 0.29) is 6.42 Å². The lowest BCUT2D eigenvalue weighted by Crippen LogP contribution is -2.40. The Morgan fingerprint density at radius 3 is 2.24 bits per heavy atom. The first kappa shape index (κ1) is 15.8. The largest absolute Gasteiger partial charge is 0.468 e. The van der Waals surface area contributed by atoms with E-state index < -0.39 is 17.4 Å². The van der Waals surface area contributed by atoms with Crippen LogP contribution >= 0.6 is 22.6 Å². The third-order valence-electron chi connectivity index (χ3n) is 3.48. The summed E-state index contributed by atoms with van der Waals surface area (Å²) in [6, 6.07) is 7.93. The molecule has 4 nitrogen and oxygen atoms in total. The van der Waals surface area contributed by atoms with Crippen LogP contribution in [0.5, 0.6) is 0 Å². The number of rotatable bonds is 3. The van der Waals surface area contributed by atoms with Gasteiger partial charge in [0.05, 0.1) is 14.2 Å². The van der Waals surface area contributed by atoms with Crippen molar-refractivity contribution in [1.29, 1.82) is 0 Å². The fraction of sp³-hybridized carbons (Fsp3) is 0.250. The van der Waals surface area contributed by atoms with E-state index in [9.17, 15) is 9.59 Å². The Morgan fingerprint density at radius 1 is 1.14 bits per heavy atom. The molecule has 0 heterocycles. The normalized spacial score (nSPS) is 16.0. The minimum absolute atomic E-state index is 0.225. The highest BCUT2D eigenvalue weighted by atomic mass is 127. The number of esters is 2. The number of benzene rings is 1. The van der Waals surface area contributed by atoms with Crippen molar-refractivity contribution >= 4 is 40.1 Å². The summed E-state index contributed by atoms with van der Waals surface area (Å²) in [4.78, 5) is 24.0. The molecule has 0 aliphatic heterocycles. The summed E-state index contributed by atoms with van der Waals surface area (Å²) in [5, 5.41) is 0. The second kappa shape index (κ2) is 6.43. The van der Waals surface area contributed by atoms with Gasteiger partial charge in [0.1, 0.15) is 0 Å². The Bertz CT molecular complexity index is 615. The molecular formula is C16H15IO4. The highest BCUT2D eigenvalue weighted by Gasteiger charge is 2.46. The van der Waals surface area contributed by atoms with E-state index >= 15 is 0 Å². The summed E-state index contributed by atoms with van der Waals surface area (Å²) < 4.78 is 10.6. The van der Waals surface area contributed by atoms with Gasteiger partial charge in [-0.1, -0.05) is 36.4 Å². The molecule has 2 rings (SSSR count). The van der Waals surface area contributed by atoms with E-state index in [4.69, 9.17) is 9.47 Å². The van der Waals surface area contributed by atoms with Crippen LogP contribution in [0, 0.1) is 8.99 Å². The maximum atomic E-state index is 12.0. The molecule has 0 saturated carbocycles. The van der Waals surface area contributed by atoms with Crippen molar-refractivity contribution in [2.24, 2.45) is 5.41 Å². The Morgan fingerprint density at radius 2 is 1.76 bits per heavy atom. The summed E-state index contributed by atoms with van der Waals surface area (Å²) in [5.74, 6) is -1.22. The van der Waals surface area contributed by atoms with E-state index in [1.807, 2.05) is 30.3 Å². The number of halogens is 1. The molecule has 0 radical (unpaired) electrons. The monoisotopic (exact) mass is 398 g/mol. The van der Waals surface area contributed by atoms with Gasteiger partial charge in [-0.15, -0.1) is 0 Å². The smallest absolute Gasteiger partial charge is 0.327 e. The van der Waals surface area contributed by atoms with Crippen LogP contribution in [0.25, 0.3) is 5.57 Å². The van der Waals surface area contributed by atoms with Crippen molar-refractivity contribution in [2.45, 2.75) is 6.42 Å². The predicted octanol–water partition coefficient (Wildman–Crippen LogP) is 2.97. The first-order valence-electron chi connectivity index (χ1n) is 6.36. The van der Waals surface area contributed by atoms with Crippen LogP contribution < -0.4 is 0 Å². The van der Waals surface area contributed by atoms with Crippen LogP contribution in [0.2, 0.25) is 0 Å². The summed E-state index contributed by atoms with van der Waals surface area (Å²) in [7, 11) is 2.53. The summed E-state index contributed by atoms with van der Waals surface area (Å²) in [6.45, 7) is 0. The van der Waals surface area contributed by atoms with E-state index in [0.29, 0.717) is 0 Å². The molecule has 0 bridgehead atoms. The highest BCUT2D eigenvalue weighted by Crippen LogP contribution is 2.36. The molecule has 110 valence electrons. The lowest BCUT2D eigenvalue weighted by atomic mass is 9.79. The number of allylic oxidation sites excluding steroid dienone is 3. The SMILES string of the molecule is COC(=O)C1(C(=O)OC)C=CC(c2ccccc2I)=CC1. The molecule has 1 aromatic carbocycles. The van der Waals surface area contributed by atoms with Gasteiger partial charge in [-0.2, -0.15) is 0 Å². The van der Waals surface area contributed by atoms with Crippen molar-refractivity contribution in [3.05, 3.63) is 51.6 Å². The summed E-state index contributed by atoms with van der Waals surface area (Å²) >= 11 is 2.26. The minimum Gasteiger partial charge on any atom is -0.468 e. The van der Waals surface area contributed by atoms with Crippen LogP contribution in [0.4, 0.5) is 0 Å². The van der Waals surface area contributed by atoms with Crippen molar-refractivity contribution in [1.82, 2.24) is 0 Å². The number of ether oxygens (including phenoxy) is 2. The molecule has 1 aliphatic carbocycles. The maximum Gasteiger partial charge on any atom is 0.327 e. The summed E-state index contributed by atoms with van der Waals surface area (Å²) in [5.41, 5.74) is 0.661. The van der Waals surface area contributed by atoms with E-state index in [2.05, 4.69) is 22.6 Å². The van der Waals surface area contributed by atoms with Crippen LogP contribution in [0.1, 0.15) is 12.0 Å². The van der Waals surface area contributed by atoms with Gasteiger partial charge in [0.15, 0.2) is 5.41 Å². The number of carbonyl (C=O) groups excluding carboxylic acids is 2. The molecule has 21 heavy (non-hydrogen) atoms. The standard InChI is InChI=1S/C16H15IO4/c1-20-14(18)16(15(19)21-2)9-7-11(8-10-16)12-5-3-4-6-13(12)17/h3-9H,10H2,1-2H3. The Balaban J connectivity index is 2.36. The van der Waals surface area contributed by atoms with Gasteiger partial charge in [0.2, 0.25) is 0 Å². The summed E-state index contributed by atoms with van der Waals surface area (Å²) in [6.07, 6.45) is 5.44. The van der Waals surface area contributed by atoms with Crippen LogP contribution in [0.3, 0.4) is 0 Å². The predicted molar refractivity (Wildman–Crippen MR) is 87.4 cm³/mol. The Hall–Kier alpha value is -1.63. The number of carbonyl (C=O) groups is 2. The molecule has 0 saturated heterocycles. The van der Waals surface area contributed by atoms with Crippen LogP contribution in [0.15, 0.2) is 42.5 Å². The molecule has 0 spiro atoms. The van der Waals surface area contributed by atoms with Crippen molar-refractivity contribution in [3.8, 4) is 0 Å². The van der Waals surface area contributed by atoms with Gasteiger partial charge in [-0.25, -0.2) is 0 Å². The fourth-order valence-corrected chi connectivity index (χ4v) is 2.98. The van der Waals surface area contributed by atoms with Gasteiger partial charge in [0.25, 0.3) is 0 Å². The van der Waals surface area contributed by atoms with Gasteiger partial charge in [0, 0.05) is 3.57 Å². The van der Waals surface area contributed by atoms with E-state index in [1.54, 1.807) is 12.2 Å². The zero-order valence-corrected chi connectivity index (χ0v) is 13.9. The van der Waals surface area contributed by atoms with Crippen molar-refractivity contribution < 1.29 is 19.1 Å². The van der Waals surface area contributed by atoms with Gasteiger partial charge >= 0.3 is 11.9 Å². The first-order chi connectivity index (χ1) is 10.0. The molecule has 0 N–H and O–H groups in total. The van der Waals surface area contributed by atoms with Gasteiger partial charge in [-0.05, 0) is 46.2 Å². The average molecular weight is 398 g/mol. The highest BCUT2D eigenvalue weighted by molar-refractivity contribution is 14.1. The molecule has 1 aliphatic rings. The molecule has 0 unspecified atom stereocenters. The molecular weight excluding hydrogens is 383 g/mol. The van der Waals surface area contributed by atoms with Crippen LogP contribution in [-0.2, 0) is 19.1 Å². The minimum atomic E-state index is -1.38. The Kier molecular flexibility index (Phi) is 4.82. The lowest BCUT2D eigenvalue weighted by molar-refractivity contribution is -0.164. The van der Waals surface area contributed by atoms with Crippen molar-refractivity contribution in [2.75, 3.05) is 14.2 Å². The molecule has 1 aromatic rings. The molecule has 0 aromatic heterocycles. The third kappa shape index (κ3) is 2.88. The third-order valence-corrected chi connectivity index (χ3v) is 4.42. The maximum absolute atomic E-state index is 12.0. The Labute approximate surface area is 137 Å². The average Bonchev–Trinajstić information content (AvgIpc) is 2.54. The second-order valence-electron chi connectivity index (χ2n) is 4.63. The fourth-order valence-electron chi connectivity index (χ4n) is 2.28. The van der Waals surface area contributed by atoms with Crippen LogP contribution in [-0.4, -0.2) is 26.2 Å². The lowest BCUT2D eigenvalue weighted by Gasteiger charge is -2.26. The van der Waals surface area contributed by atoms with Gasteiger partial charge in [-0.3, -0.25) is 9.59 Å². The zero-order chi connectivity index (χ0) is 15.5. The number of hydrogen-bond donors (Lipinski definition) is 0. The molecule has 0 fully saturated rings. The van der Waals surface area contributed by atoms with E-state index in [0.717, 1.165) is 14.7 Å². The van der Waals surface area contributed by atoms with E-state index in [1.165, 1.54) is 14.2 Å². The van der Waals surface area contributed by atoms with Crippen molar-refractivity contribution in [3.63, 3.8) is 0 Å².